The van der Waals surface area contributed by atoms with Gasteiger partial charge in [0.15, 0.2) is 6.29 Å². The maximum absolute atomic E-state index is 12.7. The van der Waals surface area contributed by atoms with Gasteiger partial charge >= 0.3 is 0 Å². The van der Waals surface area contributed by atoms with E-state index < -0.39 is 11.5 Å². The van der Waals surface area contributed by atoms with E-state index in [0.29, 0.717) is 32.6 Å². The summed E-state index contributed by atoms with van der Waals surface area (Å²) in [6.45, 7) is 1.58. The van der Waals surface area contributed by atoms with Crippen LogP contribution in [0.2, 0.25) is 0 Å². The van der Waals surface area contributed by atoms with Gasteiger partial charge < -0.3 is 30.4 Å². The van der Waals surface area contributed by atoms with Gasteiger partial charge in [0.05, 0.1) is 31.4 Å². The van der Waals surface area contributed by atoms with Crippen molar-refractivity contribution in [1.82, 2.24) is 15.2 Å². The number of carbonyl (C=O) groups excluding carboxylic acids is 2. The Morgan fingerprint density at radius 2 is 1.87 bits per heavy atom. The molecule has 2 amide bonds. The van der Waals surface area contributed by atoms with Crippen molar-refractivity contribution in [1.29, 1.82) is 0 Å². The number of benzene rings is 1. The number of ether oxygens (including phenoxy) is 2. The van der Waals surface area contributed by atoms with Gasteiger partial charge in [-0.1, -0.05) is 30.3 Å². The van der Waals surface area contributed by atoms with Crippen molar-refractivity contribution in [3.8, 4) is 0 Å². The predicted molar refractivity (Wildman–Crippen MR) is 115 cm³/mol. The van der Waals surface area contributed by atoms with E-state index >= 15 is 0 Å². The number of hydrogen-bond donors (Lipinski definition) is 3. The van der Waals surface area contributed by atoms with Crippen LogP contribution in [0.15, 0.2) is 47.4 Å². The molecule has 0 atom stereocenters. The maximum atomic E-state index is 12.7. The molecule has 1 aromatic carbocycles. The number of aromatic nitrogens is 1. The molecule has 0 saturated carbocycles. The van der Waals surface area contributed by atoms with Gasteiger partial charge in [-0.15, -0.1) is 0 Å². The number of carbonyl (C=O) groups is 2. The molecule has 2 heterocycles. The van der Waals surface area contributed by atoms with Crippen LogP contribution >= 0.6 is 0 Å². The molecule has 0 spiro atoms. The van der Waals surface area contributed by atoms with Gasteiger partial charge in [0.25, 0.3) is 17.4 Å². The molecule has 0 radical (unpaired) electrons. The highest BCUT2D eigenvalue weighted by molar-refractivity contribution is 5.99. The summed E-state index contributed by atoms with van der Waals surface area (Å²) in [6, 6.07) is 10.6. The van der Waals surface area contributed by atoms with Gasteiger partial charge in [0.1, 0.15) is 5.56 Å². The summed E-state index contributed by atoms with van der Waals surface area (Å²) in [4.78, 5) is 37.6. The number of pyridine rings is 1. The zero-order valence-corrected chi connectivity index (χ0v) is 17.5. The first-order valence-electron chi connectivity index (χ1n) is 10.3. The number of nitrogens with two attached hydrogens (primary N) is 1. The van der Waals surface area contributed by atoms with Crippen molar-refractivity contribution >= 4 is 11.8 Å². The molecular formula is C22H28N4O5. The van der Waals surface area contributed by atoms with E-state index in [0.717, 1.165) is 5.56 Å². The standard InChI is InChI=1S/C22H28N4O5/c1-24-21(28)18-10-16(12-26(22(18)29)11-15-6-3-2-4-7-15)20(27)25-9-5-8-19-30-13-17(23)14-31-19/h2-4,6-7,10,12,17,19H,5,8-9,11,13-14,23H2,1H3,(H,24,28)(H,25,27)/t17-,19-. The summed E-state index contributed by atoms with van der Waals surface area (Å²) < 4.78 is 12.3. The summed E-state index contributed by atoms with van der Waals surface area (Å²) in [6.07, 6.45) is 2.44. The van der Waals surface area contributed by atoms with Crippen LogP contribution in [0, 0.1) is 0 Å². The third-order valence-corrected chi connectivity index (χ3v) is 4.91. The van der Waals surface area contributed by atoms with E-state index in [9.17, 15) is 14.4 Å². The lowest BCUT2D eigenvalue weighted by molar-refractivity contribution is -0.188. The second-order valence-electron chi connectivity index (χ2n) is 7.39. The molecule has 1 fully saturated rings. The van der Waals surface area contributed by atoms with Gasteiger partial charge in [-0.3, -0.25) is 14.4 Å². The molecule has 1 saturated heterocycles. The minimum absolute atomic E-state index is 0.0774. The molecule has 0 bridgehead atoms. The molecule has 1 aliphatic rings. The van der Waals surface area contributed by atoms with Crippen LogP contribution < -0.4 is 21.9 Å². The summed E-state index contributed by atoms with van der Waals surface area (Å²) in [5.41, 5.74) is 6.31. The second-order valence-corrected chi connectivity index (χ2v) is 7.39. The second kappa shape index (κ2) is 10.9. The summed E-state index contributed by atoms with van der Waals surface area (Å²) in [5.74, 6) is -0.897. The monoisotopic (exact) mass is 428 g/mol. The van der Waals surface area contributed by atoms with Crippen LogP contribution in [0.1, 0.15) is 39.1 Å². The molecule has 2 aromatic rings. The first-order chi connectivity index (χ1) is 15.0. The zero-order valence-electron chi connectivity index (χ0n) is 17.5. The molecule has 31 heavy (non-hydrogen) atoms. The minimum Gasteiger partial charge on any atom is -0.355 e. The maximum Gasteiger partial charge on any atom is 0.263 e. The Morgan fingerprint density at radius 1 is 1.16 bits per heavy atom. The molecule has 1 aliphatic heterocycles. The largest absolute Gasteiger partial charge is 0.355 e. The Bertz CT molecular complexity index is 952. The quantitative estimate of drug-likeness (QED) is 0.525. The number of amides is 2. The Kier molecular flexibility index (Phi) is 7.94. The number of rotatable bonds is 8. The SMILES string of the molecule is CNC(=O)c1cc(C(=O)NCCC[C@H]2OC[C@H](N)CO2)cn(Cc2ccccc2)c1=O. The van der Waals surface area contributed by atoms with Crippen molar-refractivity contribution in [3.63, 3.8) is 0 Å². The van der Waals surface area contributed by atoms with Crippen molar-refractivity contribution in [2.45, 2.75) is 31.7 Å². The van der Waals surface area contributed by atoms with E-state index in [1.807, 2.05) is 30.3 Å². The molecule has 0 aliphatic carbocycles. The summed E-state index contributed by atoms with van der Waals surface area (Å²) in [7, 11) is 1.44. The van der Waals surface area contributed by atoms with E-state index in [4.69, 9.17) is 15.2 Å². The molecule has 0 unspecified atom stereocenters. The first-order valence-corrected chi connectivity index (χ1v) is 10.3. The molecule has 166 valence electrons. The average molecular weight is 428 g/mol. The van der Waals surface area contributed by atoms with E-state index in [1.54, 1.807) is 0 Å². The predicted octanol–water partition coefficient (Wildman–Crippen LogP) is 0.466. The smallest absolute Gasteiger partial charge is 0.263 e. The van der Waals surface area contributed by atoms with E-state index in [1.165, 1.54) is 23.9 Å². The summed E-state index contributed by atoms with van der Waals surface area (Å²) >= 11 is 0. The van der Waals surface area contributed by atoms with E-state index in [-0.39, 0.29) is 35.9 Å². The van der Waals surface area contributed by atoms with Crippen LogP contribution in [0.5, 0.6) is 0 Å². The molecular weight excluding hydrogens is 400 g/mol. The summed E-state index contributed by atoms with van der Waals surface area (Å²) in [5, 5.41) is 5.27. The molecule has 1 aromatic heterocycles. The van der Waals surface area contributed by atoms with Crippen LogP contribution in [-0.4, -0.2) is 55.5 Å². The molecule has 3 rings (SSSR count). The van der Waals surface area contributed by atoms with E-state index in [2.05, 4.69) is 10.6 Å². The van der Waals surface area contributed by atoms with Crippen molar-refractivity contribution in [2.75, 3.05) is 26.8 Å². The fourth-order valence-corrected chi connectivity index (χ4v) is 3.25. The number of nitrogens with one attached hydrogen (secondary N) is 2. The molecule has 9 nitrogen and oxygen atoms in total. The fraction of sp³-hybridized carbons (Fsp3) is 0.409. The van der Waals surface area contributed by atoms with Crippen LogP contribution in [0.4, 0.5) is 0 Å². The van der Waals surface area contributed by atoms with Gasteiger partial charge in [0, 0.05) is 26.2 Å². The lowest BCUT2D eigenvalue weighted by Crippen LogP contribution is -2.41. The Balaban J connectivity index is 1.67. The molecule has 4 N–H and O–H groups in total. The minimum atomic E-state index is -0.536. The fourth-order valence-electron chi connectivity index (χ4n) is 3.25. The van der Waals surface area contributed by atoms with Crippen molar-refractivity contribution in [3.05, 3.63) is 69.6 Å². The lowest BCUT2D eigenvalue weighted by Gasteiger charge is -2.27. The highest BCUT2D eigenvalue weighted by atomic mass is 16.7. The van der Waals surface area contributed by atoms with Gasteiger partial charge in [0.2, 0.25) is 0 Å². The third kappa shape index (κ3) is 6.24. The van der Waals surface area contributed by atoms with Crippen LogP contribution in [-0.2, 0) is 16.0 Å². The average Bonchev–Trinajstić information content (AvgIpc) is 2.79. The first kappa shape index (κ1) is 22.7. The third-order valence-electron chi connectivity index (χ3n) is 4.91. The Morgan fingerprint density at radius 3 is 2.55 bits per heavy atom. The Labute approximate surface area is 180 Å². The van der Waals surface area contributed by atoms with Crippen LogP contribution in [0.25, 0.3) is 0 Å². The number of nitrogens with zero attached hydrogens (tertiary/aromatic N) is 1. The Hall–Kier alpha value is -3.01. The van der Waals surface area contributed by atoms with Crippen LogP contribution in [0.3, 0.4) is 0 Å². The van der Waals surface area contributed by atoms with Crippen molar-refractivity contribution < 1.29 is 19.1 Å². The van der Waals surface area contributed by atoms with Gasteiger partial charge in [-0.2, -0.15) is 0 Å². The van der Waals surface area contributed by atoms with Gasteiger partial charge in [-0.25, -0.2) is 0 Å². The normalized spacial score (nSPS) is 18.4. The number of hydrogen-bond acceptors (Lipinski definition) is 6. The van der Waals surface area contributed by atoms with Gasteiger partial charge in [-0.05, 0) is 18.1 Å². The highest BCUT2D eigenvalue weighted by Gasteiger charge is 2.20. The van der Waals surface area contributed by atoms with Crippen molar-refractivity contribution in [2.24, 2.45) is 5.73 Å². The lowest BCUT2D eigenvalue weighted by atomic mass is 10.1. The topological polar surface area (TPSA) is 125 Å². The molecule has 9 heteroatoms. The zero-order chi connectivity index (χ0) is 22.2. The highest BCUT2D eigenvalue weighted by Crippen LogP contribution is 2.10.